The fraction of sp³-hybridized carbons (Fsp3) is 0.167. The Morgan fingerprint density at radius 3 is 2.27 bits per heavy atom. The van der Waals surface area contributed by atoms with E-state index in [2.05, 4.69) is 10.1 Å². The Morgan fingerprint density at radius 1 is 1.08 bits per heavy atom. The summed E-state index contributed by atoms with van der Waals surface area (Å²) >= 11 is 0. The molecule has 0 aliphatic carbocycles. The Labute approximate surface area is 147 Å². The van der Waals surface area contributed by atoms with E-state index < -0.39 is 11.7 Å². The second-order valence-corrected chi connectivity index (χ2v) is 5.74. The van der Waals surface area contributed by atoms with Crippen LogP contribution in [0.1, 0.15) is 21.5 Å². The molecule has 0 atom stereocenters. The van der Waals surface area contributed by atoms with Crippen LogP contribution in [0.4, 0.5) is 13.2 Å². The van der Waals surface area contributed by atoms with Gasteiger partial charge in [0.15, 0.2) is 0 Å². The van der Waals surface area contributed by atoms with Crippen LogP contribution in [-0.4, -0.2) is 32.6 Å². The number of alkyl halides is 3. The van der Waals surface area contributed by atoms with E-state index in [0.717, 1.165) is 17.8 Å². The van der Waals surface area contributed by atoms with E-state index in [1.54, 1.807) is 42.3 Å². The zero-order valence-corrected chi connectivity index (χ0v) is 13.8. The minimum Gasteiger partial charge on any atom is -0.337 e. The van der Waals surface area contributed by atoms with Crippen molar-refractivity contribution in [3.63, 3.8) is 0 Å². The van der Waals surface area contributed by atoms with Gasteiger partial charge in [-0.05, 0) is 42.0 Å². The van der Waals surface area contributed by atoms with E-state index in [9.17, 15) is 18.0 Å². The van der Waals surface area contributed by atoms with Crippen molar-refractivity contribution in [2.24, 2.45) is 0 Å². The number of carbonyl (C=O) groups excluding carboxylic acids is 1. The van der Waals surface area contributed by atoms with E-state index in [0.29, 0.717) is 11.1 Å². The summed E-state index contributed by atoms with van der Waals surface area (Å²) in [6.45, 7) is 0.210. The van der Waals surface area contributed by atoms with Crippen molar-refractivity contribution in [2.75, 3.05) is 7.05 Å². The van der Waals surface area contributed by atoms with E-state index in [-0.39, 0.29) is 12.5 Å². The Bertz CT molecular complexity index is 872. The maximum Gasteiger partial charge on any atom is 0.416 e. The molecule has 0 saturated carbocycles. The zero-order valence-electron chi connectivity index (χ0n) is 13.8. The maximum absolute atomic E-state index is 12.6. The van der Waals surface area contributed by atoms with Crippen molar-refractivity contribution in [1.82, 2.24) is 19.7 Å². The van der Waals surface area contributed by atoms with Gasteiger partial charge in [-0.1, -0.05) is 12.1 Å². The van der Waals surface area contributed by atoms with Gasteiger partial charge in [-0.3, -0.25) is 4.79 Å². The molecule has 0 aliphatic rings. The van der Waals surface area contributed by atoms with Gasteiger partial charge >= 0.3 is 6.18 Å². The topological polar surface area (TPSA) is 51.0 Å². The third-order valence-corrected chi connectivity index (χ3v) is 3.85. The van der Waals surface area contributed by atoms with Crippen molar-refractivity contribution in [2.45, 2.75) is 12.7 Å². The first-order chi connectivity index (χ1) is 12.3. The molecule has 2 aromatic carbocycles. The minimum absolute atomic E-state index is 0.210. The number of nitrogens with zero attached hydrogens (tertiary/aromatic N) is 4. The molecular weight excluding hydrogens is 345 g/mol. The highest BCUT2D eigenvalue weighted by Crippen LogP contribution is 2.29. The molecule has 0 fully saturated rings. The highest BCUT2D eigenvalue weighted by atomic mass is 19.4. The van der Waals surface area contributed by atoms with E-state index in [1.807, 2.05) is 0 Å². The Hall–Kier alpha value is -3.16. The number of hydrogen-bond donors (Lipinski definition) is 0. The van der Waals surface area contributed by atoms with Crippen LogP contribution in [0.3, 0.4) is 0 Å². The molecule has 0 saturated heterocycles. The fourth-order valence-electron chi connectivity index (χ4n) is 2.46. The minimum atomic E-state index is -4.37. The van der Waals surface area contributed by atoms with Crippen LogP contribution in [0.2, 0.25) is 0 Å². The third-order valence-electron chi connectivity index (χ3n) is 3.85. The highest BCUT2D eigenvalue weighted by Gasteiger charge is 2.30. The molecule has 0 aliphatic heterocycles. The number of benzene rings is 2. The summed E-state index contributed by atoms with van der Waals surface area (Å²) in [4.78, 5) is 17.8. The van der Waals surface area contributed by atoms with Crippen molar-refractivity contribution in [3.8, 4) is 5.69 Å². The van der Waals surface area contributed by atoms with E-state index in [4.69, 9.17) is 0 Å². The number of hydrogen-bond acceptors (Lipinski definition) is 3. The highest BCUT2D eigenvalue weighted by molar-refractivity contribution is 5.94. The molecule has 0 N–H and O–H groups in total. The third kappa shape index (κ3) is 3.90. The lowest BCUT2D eigenvalue weighted by molar-refractivity contribution is -0.137. The van der Waals surface area contributed by atoms with Gasteiger partial charge in [0.05, 0.1) is 11.3 Å². The first kappa shape index (κ1) is 17.7. The predicted octanol–water partition coefficient (Wildman–Crippen LogP) is 3.56. The van der Waals surface area contributed by atoms with Gasteiger partial charge in [0.2, 0.25) is 0 Å². The lowest BCUT2D eigenvalue weighted by atomic mass is 10.1. The summed E-state index contributed by atoms with van der Waals surface area (Å²) in [6.07, 6.45) is -1.41. The van der Waals surface area contributed by atoms with Gasteiger partial charge in [-0.25, -0.2) is 9.67 Å². The fourth-order valence-corrected chi connectivity index (χ4v) is 2.46. The summed E-state index contributed by atoms with van der Waals surface area (Å²) in [5, 5.41) is 4.01. The molecule has 1 amide bonds. The van der Waals surface area contributed by atoms with Crippen molar-refractivity contribution in [1.29, 1.82) is 0 Å². The van der Waals surface area contributed by atoms with Gasteiger partial charge in [0.1, 0.15) is 12.7 Å². The monoisotopic (exact) mass is 360 g/mol. The molecule has 0 unspecified atom stereocenters. The van der Waals surface area contributed by atoms with Crippen LogP contribution < -0.4 is 0 Å². The largest absolute Gasteiger partial charge is 0.416 e. The van der Waals surface area contributed by atoms with Crippen molar-refractivity contribution < 1.29 is 18.0 Å². The predicted molar refractivity (Wildman–Crippen MR) is 88.6 cm³/mol. The number of amides is 1. The number of aromatic nitrogens is 3. The Balaban J connectivity index is 1.67. The number of rotatable bonds is 4. The summed E-state index contributed by atoms with van der Waals surface area (Å²) in [5.41, 5.74) is 1.15. The second kappa shape index (κ2) is 6.99. The van der Waals surface area contributed by atoms with Crippen LogP contribution in [0.25, 0.3) is 5.69 Å². The first-order valence-electron chi connectivity index (χ1n) is 7.71. The molecule has 0 radical (unpaired) electrons. The van der Waals surface area contributed by atoms with Gasteiger partial charge in [-0.2, -0.15) is 18.3 Å². The van der Waals surface area contributed by atoms with Crippen LogP contribution in [0.15, 0.2) is 61.2 Å². The smallest absolute Gasteiger partial charge is 0.337 e. The van der Waals surface area contributed by atoms with Crippen LogP contribution in [0, 0.1) is 0 Å². The summed E-state index contributed by atoms with van der Waals surface area (Å²) in [7, 11) is 1.60. The molecule has 0 spiro atoms. The van der Waals surface area contributed by atoms with Crippen LogP contribution >= 0.6 is 0 Å². The molecule has 3 rings (SSSR count). The Morgan fingerprint density at radius 2 is 1.73 bits per heavy atom. The Kier molecular flexibility index (Phi) is 4.75. The molecule has 3 aromatic rings. The molecule has 26 heavy (non-hydrogen) atoms. The van der Waals surface area contributed by atoms with E-state index >= 15 is 0 Å². The SMILES string of the molecule is CN(Cc1ccc(C(F)(F)F)cc1)C(=O)c1ccc(-n2cncn2)cc1. The summed E-state index contributed by atoms with van der Waals surface area (Å²) < 4.78 is 39.3. The lowest BCUT2D eigenvalue weighted by Crippen LogP contribution is -2.26. The quantitative estimate of drug-likeness (QED) is 0.715. The molecule has 1 aromatic heterocycles. The molecule has 0 bridgehead atoms. The van der Waals surface area contributed by atoms with Crippen molar-refractivity contribution in [3.05, 3.63) is 77.9 Å². The van der Waals surface area contributed by atoms with Gasteiger partial charge in [-0.15, -0.1) is 0 Å². The van der Waals surface area contributed by atoms with Crippen LogP contribution in [0.5, 0.6) is 0 Å². The second-order valence-electron chi connectivity index (χ2n) is 5.74. The van der Waals surface area contributed by atoms with Gasteiger partial charge < -0.3 is 4.90 Å². The zero-order chi connectivity index (χ0) is 18.7. The first-order valence-corrected chi connectivity index (χ1v) is 7.71. The van der Waals surface area contributed by atoms with E-state index in [1.165, 1.54) is 23.4 Å². The lowest BCUT2D eigenvalue weighted by Gasteiger charge is -2.18. The van der Waals surface area contributed by atoms with Gasteiger partial charge in [0.25, 0.3) is 5.91 Å². The maximum atomic E-state index is 12.6. The van der Waals surface area contributed by atoms with Crippen molar-refractivity contribution >= 4 is 5.91 Å². The summed E-state index contributed by atoms with van der Waals surface area (Å²) in [6, 6.07) is 11.6. The molecule has 1 heterocycles. The standard InChI is InChI=1S/C18H15F3N4O/c1-24(10-13-2-6-15(7-3-13)18(19,20)21)17(26)14-4-8-16(9-5-14)25-12-22-11-23-25/h2-9,11-12H,10H2,1H3. The normalized spacial score (nSPS) is 11.4. The average molecular weight is 360 g/mol. The molecular formula is C18H15F3N4O. The molecule has 5 nitrogen and oxygen atoms in total. The van der Waals surface area contributed by atoms with Crippen LogP contribution in [-0.2, 0) is 12.7 Å². The average Bonchev–Trinajstić information content (AvgIpc) is 3.15. The number of halogens is 3. The van der Waals surface area contributed by atoms with Gasteiger partial charge in [0, 0.05) is 19.2 Å². The summed E-state index contributed by atoms with van der Waals surface area (Å²) in [5.74, 6) is -0.227. The molecule has 8 heteroatoms. The molecule has 134 valence electrons. The number of carbonyl (C=O) groups is 1.